The van der Waals surface area contributed by atoms with Crippen LogP contribution in [0.4, 0.5) is 11.5 Å². The summed E-state index contributed by atoms with van der Waals surface area (Å²) in [4.78, 5) is 11.6. The molecule has 2 atom stereocenters. The van der Waals surface area contributed by atoms with E-state index in [-0.39, 0.29) is 18.7 Å². The Bertz CT molecular complexity index is 1720. The van der Waals surface area contributed by atoms with Crippen LogP contribution in [0.3, 0.4) is 0 Å². The van der Waals surface area contributed by atoms with Gasteiger partial charge < -0.3 is 15.3 Å². The van der Waals surface area contributed by atoms with Gasteiger partial charge in [-0.2, -0.15) is 0 Å². The fraction of sp³-hybridized carbons (Fsp3) is 0.118. The van der Waals surface area contributed by atoms with Gasteiger partial charge in [0.1, 0.15) is 11.7 Å². The van der Waals surface area contributed by atoms with Crippen molar-refractivity contribution < 1.29 is 5.11 Å². The molecule has 0 fully saturated rings. The van der Waals surface area contributed by atoms with Gasteiger partial charge in [0.15, 0.2) is 0 Å². The highest BCUT2D eigenvalue weighted by atomic mass is 35.5. The van der Waals surface area contributed by atoms with Gasteiger partial charge >= 0.3 is 0 Å². The summed E-state index contributed by atoms with van der Waals surface area (Å²) < 4.78 is 0. The highest BCUT2D eigenvalue weighted by molar-refractivity contribution is 6.31. The van der Waals surface area contributed by atoms with E-state index < -0.39 is 0 Å². The molecule has 41 heavy (non-hydrogen) atoms. The van der Waals surface area contributed by atoms with E-state index in [9.17, 15) is 5.11 Å². The van der Waals surface area contributed by atoms with E-state index in [0.717, 1.165) is 45.3 Å². The van der Waals surface area contributed by atoms with Gasteiger partial charge in [0.2, 0.25) is 0 Å². The lowest BCUT2D eigenvalue weighted by Gasteiger charge is -2.25. The Kier molecular flexibility index (Phi) is 8.01. The van der Waals surface area contributed by atoms with Gasteiger partial charge in [0.25, 0.3) is 0 Å². The standard InChI is InChI=1S/C17H15ClN2O.C17H13ClN2/c18-14-7-8-15-13(10-14)6-9-17(19-15)20-16(11-21)12-4-2-1-3-5-12;18-14-7-8-16-13(10-14)6-9-17-19-15(11-20(16)17)12-4-2-1-3-5-12/h1-10,16,21H,11H2,(H,19,20);1-10,15H,11H2/t;15-/m.0/s1. The lowest BCUT2D eigenvalue weighted by molar-refractivity contribution is 0.276. The summed E-state index contributed by atoms with van der Waals surface area (Å²) in [6.07, 6.45) is 4.16. The molecule has 0 radical (unpaired) electrons. The number of nitrogens with one attached hydrogen (secondary N) is 1. The van der Waals surface area contributed by atoms with Crippen LogP contribution in [-0.2, 0) is 0 Å². The topological polar surface area (TPSA) is 60.8 Å². The second-order valence-electron chi connectivity index (χ2n) is 9.88. The number of benzene rings is 4. The maximum Gasteiger partial charge on any atom is 0.128 e. The minimum absolute atomic E-state index is 0.00431. The third-order valence-corrected chi connectivity index (χ3v) is 7.62. The van der Waals surface area contributed by atoms with Gasteiger partial charge in [-0.25, -0.2) is 4.98 Å². The van der Waals surface area contributed by atoms with Gasteiger partial charge in [-0.05, 0) is 77.4 Å². The number of rotatable bonds is 5. The zero-order chi connectivity index (χ0) is 28.2. The SMILES string of the molecule is Clc1ccc2c(c1)C=CC1=N[C@H](c3ccccc3)CN12.OCC(Nc1ccc2cc(Cl)ccc2n1)c1ccccc1. The second-order valence-corrected chi connectivity index (χ2v) is 10.8. The lowest BCUT2D eigenvalue weighted by atomic mass is 10.1. The number of aliphatic hydroxyl groups excluding tert-OH is 1. The van der Waals surface area contributed by atoms with Crippen molar-refractivity contribution in [3.05, 3.63) is 142 Å². The van der Waals surface area contributed by atoms with Crippen molar-refractivity contribution >= 4 is 57.5 Å². The van der Waals surface area contributed by atoms with E-state index in [1.54, 1.807) is 0 Å². The average molecular weight is 580 g/mol. The van der Waals surface area contributed by atoms with Crippen molar-refractivity contribution in [2.75, 3.05) is 23.4 Å². The van der Waals surface area contributed by atoms with Crippen LogP contribution >= 0.6 is 23.2 Å². The molecule has 2 N–H and O–H groups in total. The summed E-state index contributed by atoms with van der Waals surface area (Å²) >= 11 is 12.0. The van der Waals surface area contributed by atoms with Crippen LogP contribution in [-0.4, -0.2) is 29.1 Å². The minimum Gasteiger partial charge on any atom is -0.394 e. The smallest absolute Gasteiger partial charge is 0.128 e. The molecule has 1 aromatic heterocycles. The highest BCUT2D eigenvalue weighted by Crippen LogP contribution is 2.36. The number of hydrogen-bond acceptors (Lipinski definition) is 5. The van der Waals surface area contributed by atoms with Crippen molar-refractivity contribution in [2.24, 2.45) is 4.99 Å². The summed E-state index contributed by atoms with van der Waals surface area (Å²) in [5.74, 6) is 1.77. The number of fused-ring (bicyclic) bond motifs is 4. The Morgan fingerprint density at radius 3 is 2.34 bits per heavy atom. The molecule has 5 aromatic rings. The maximum absolute atomic E-state index is 9.58. The number of amidine groups is 1. The molecule has 0 spiro atoms. The number of nitrogens with zero attached hydrogens (tertiary/aromatic N) is 3. The molecule has 0 saturated carbocycles. The summed E-state index contributed by atoms with van der Waals surface area (Å²) in [7, 11) is 0. The zero-order valence-corrected chi connectivity index (χ0v) is 23.7. The molecule has 0 amide bonds. The molecule has 0 bridgehead atoms. The van der Waals surface area contributed by atoms with Gasteiger partial charge in [-0.15, -0.1) is 0 Å². The highest BCUT2D eigenvalue weighted by Gasteiger charge is 2.29. The number of pyridine rings is 1. The summed E-state index contributed by atoms with van der Waals surface area (Å²) in [6, 6.07) is 35.8. The number of aliphatic hydroxyl groups is 1. The third kappa shape index (κ3) is 6.13. The summed E-state index contributed by atoms with van der Waals surface area (Å²) in [5, 5.41) is 15.3. The second kappa shape index (κ2) is 12.1. The Morgan fingerprint density at radius 2 is 1.56 bits per heavy atom. The van der Waals surface area contributed by atoms with Crippen LogP contribution in [0.2, 0.25) is 10.0 Å². The van der Waals surface area contributed by atoms with Crippen LogP contribution in [0.5, 0.6) is 0 Å². The summed E-state index contributed by atoms with van der Waals surface area (Å²) in [5.41, 5.74) is 5.50. The van der Waals surface area contributed by atoms with Crippen molar-refractivity contribution in [1.82, 2.24) is 4.98 Å². The maximum atomic E-state index is 9.58. The first kappa shape index (κ1) is 27.0. The Labute approximate surface area is 249 Å². The Hall–Kier alpha value is -4.16. The Morgan fingerprint density at radius 1 is 0.829 bits per heavy atom. The van der Waals surface area contributed by atoms with Crippen molar-refractivity contribution in [1.29, 1.82) is 0 Å². The zero-order valence-electron chi connectivity index (χ0n) is 22.2. The van der Waals surface area contributed by atoms with Crippen LogP contribution in [0.1, 0.15) is 28.8 Å². The van der Waals surface area contributed by atoms with E-state index >= 15 is 0 Å². The molecule has 0 aliphatic carbocycles. The normalized spacial score (nSPS) is 15.8. The predicted octanol–water partition coefficient (Wildman–Crippen LogP) is 8.36. The van der Waals surface area contributed by atoms with E-state index in [4.69, 9.17) is 28.2 Å². The molecular weight excluding hydrogens is 551 g/mol. The molecule has 4 aromatic carbocycles. The largest absolute Gasteiger partial charge is 0.394 e. The monoisotopic (exact) mass is 578 g/mol. The van der Waals surface area contributed by atoms with E-state index in [0.29, 0.717) is 5.02 Å². The minimum atomic E-state index is -0.177. The first-order valence-corrected chi connectivity index (χ1v) is 14.2. The molecule has 0 saturated heterocycles. The van der Waals surface area contributed by atoms with Crippen LogP contribution < -0.4 is 10.2 Å². The number of aromatic nitrogens is 1. The number of aliphatic imine (C=N–C) groups is 1. The van der Waals surface area contributed by atoms with Crippen LogP contribution in [0.15, 0.2) is 120 Å². The molecule has 1 unspecified atom stereocenters. The van der Waals surface area contributed by atoms with Gasteiger partial charge in [-0.1, -0.05) is 83.9 Å². The Balaban J connectivity index is 0.000000148. The molecule has 7 rings (SSSR count). The number of halogens is 2. The van der Waals surface area contributed by atoms with Gasteiger partial charge in [0.05, 0.1) is 30.8 Å². The fourth-order valence-corrected chi connectivity index (χ4v) is 5.45. The molecule has 7 heteroatoms. The number of hydrogen-bond donors (Lipinski definition) is 2. The lowest BCUT2D eigenvalue weighted by Crippen LogP contribution is -2.28. The van der Waals surface area contributed by atoms with Crippen molar-refractivity contribution in [2.45, 2.75) is 12.1 Å². The van der Waals surface area contributed by atoms with Gasteiger partial charge in [0, 0.05) is 21.1 Å². The number of anilines is 2. The van der Waals surface area contributed by atoms with Gasteiger partial charge in [-0.3, -0.25) is 4.99 Å². The molecule has 204 valence electrons. The molecule has 5 nitrogen and oxygen atoms in total. The van der Waals surface area contributed by atoms with Crippen LogP contribution in [0, 0.1) is 0 Å². The molecular formula is C34H28Cl2N4O. The average Bonchev–Trinajstić information content (AvgIpc) is 3.46. The van der Waals surface area contributed by atoms with E-state index in [1.807, 2.05) is 78.9 Å². The quantitative estimate of drug-likeness (QED) is 0.220. The first-order chi connectivity index (χ1) is 20.1. The first-order valence-electron chi connectivity index (χ1n) is 13.4. The molecule has 2 aliphatic heterocycles. The third-order valence-electron chi connectivity index (χ3n) is 7.15. The van der Waals surface area contributed by atoms with E-state index in [2.05, 4.69) is 57.7 Å². The molecule has 3 heterocycles. The fourth-order valence-electron chi connectivity index (χ4n) is 5.09. The predicted molar refractivity (Wildman–Crippen MR) is 171 cm³/mol. The van der Waals surface area contributed by atoms with Crippen LogP contribution in [0.25, 0.3) is 17.0 Å². The summed E-state index contributed by atoms with van der Waals surface area (Å²) in [6.45, 7) is 0.892. The van der Waals surface area contributed by atoms with Crippen molar-refractivity contribution in [3.63, 3.8) is 0 Å². The molecule has 2 aliphatic rings. The van der Waals surface area contributed by atoms with E-state index in [1.165, 1.54) is 11.3 Å². The van der Waals surface area contributed by atoms with Crippen molar-refractivity contribution in [3.8, 4) is 0 Å².